The Morgan fingerprint density at radius 1 is 1.00 bits per heavy atom. The highest BCUT2D eigenvalue weighted by Gasteiger charge is 2.17. The maximum absolute atomic E-state index is 12.4. The van der Waals surface area contributed by atoms with Gasteiger partial charge in [-0.3, -0.25) is 9.59 Å². The first-order chi connectivity index (χ1) is 12.1. The molecular weight excluding hydrogens is 324 g/mol. The second kappa shape index (κ2) is 6.91. The summed E-state index contributed by atoms with van der Waals surface area (Å²) in [4.78, 5) is 24.7. The number of hydrogen-bond acceptors (Lipinski definition) is 5. The van der Waals surface area contributed by atoms with Gasteiger partial charge in [0.25, 0.3) is 5.91 Å². The Hall–Kier alpha value is -3.55. The molecule has 0 spiro atoms. The molecule has 2 aromatic carbocycles. The van der Waals surface area contributed by atoms with Gasteiger partial charge in [0.1, 0.15) is 11.5 Å². The number of anilines is 1. The van der Waals surface area contributed by atoms with Gasteiger partial charge in [0.2, 0.25) is 5.69 Å². The van der Waals surface area contributed by atoms with E-state index in [-0.39, 0.29) is 5.69 Å². The van der Waals surface area contributed by atoms with Gasteiger partial charge in [0.05, 0.1) is 19.9 Å². The Morgan fingerprint density at radius 2 is 1.56 bits per heavy atom. The molecular formula is C17H16N4O4. The van der Waals surface area contributed by atoms with Crippen LogP contribution in [0.3, 0.4) is 0 Å². The number of carbonyl (C=O) groups is 1. The lowest BCUT2D eigenvalue weighted by molar-refractivity contribution is 0.102. The fourth-order valence-corrected chi connectivity index (χ4v) is 2.22. The quantitative estimate of drug-likeness (QED) is 0.738. The average Bonchev–Trinajstić information content (AvgIpc) is 3.04. The third-order valence-electron chi connectivity index (χ3n) is 3.56. The van der Waals surface area contributed by atoms with Crippen LogP contribution in [-0.4, -0.2) is 35.1 Å². The van der Waals surface area contributed by atoms with E-state index in [9.17, 15) is 9.59 Å². The molecule has 25 heavy (non-hydrogen) atoms. The van der Waals surface area contributed by atoms with Crippen molar-refractivity contribution in [2.45, 2.75) is 0 Å². The minimum Gasteiger partial charge on any atom is -0.497 e. The number of rotatable bonds is 5. The van der Waals surface area contributed by atoms with E-state index in [0.29, 0.717) is 22.9 Å². The summed E-state index contributed by atoms with van der Waals surface area (Å²) in [6.07, 6.45) is 0. The van der Waals surface area contributed by atoms with E-state index in [4.69, 9.17) is 9.47 Å². The third-order valence-corrected chi connectivity index (χ3v) is 3.56. The maximum atomic E-state index is 12.4. The number of H-pyrrole nitrogens is 1. The van der Waals surface area contributed by atoms with Gasteiger partial charge in [0, 0.05) is 5.69 Å². The highest BCUT2D eigenvalue weighted by Crippen LogP contribution is 2.16. The highest BCUT2D eigenvalue weighted by molar-refractivity contribution is 6.02. The van der Waals surface area contributed by atoms with Gasteiger partial charge in [-0.25, -0.2) is 9.90 Å². The van der Waals surface area contributed by atoms with Crippen molar-refractivity contribution >= 4 is 11.6 Å². The van der Waals surface area contributed by atoms with Crippen molar-refractivity contribution in [1.29, 1.82) is 0 Å². The summed E-state index contributed by atoms with van der Waals surface area (Å²) in [5, 5.41) is 8.99. The minimum absolute atomic E-state index is 0.230. The topological polar surface area (TPSA) is 98.2 Å². The van der Waals surface area contributed by atoms with E-state index in [2.05, 4.69) is 15.6 Å². The number of nitrogens with one attached hydrogen (secondary N) is 2. The largest absolute Gasteiger partial charge is 0.497 e. The van der Waals surface area contributed by atoms with Gasteiger partial charge in [-0.05, 0) is 48.5 Å². The number of ether oxygens (including phenoxy) is 2. The lowest BCUT2D eigenvalue weighted by atomic mass is 10.3. The molecule has 3 rings (SSSR count). The molecule has 0 fully saturated rings. The summed E-state index contributed by atoms with van der Waals surface area (Å²) in [6, 6.07) is 13.5. The van der Waals surface area contributed by atoms with Crippen molar-refractivity contribution < 1.29 is 14.3 Å². The Balaban J connectivity index is 1.81. The molecule has 2 N–H and O–H groups in total. The number of carbonyl (C=O) groups excluding carboxylic acids is 1. The van der Waals surface area contributed by atoms with Crippen molar-refractivity contribution in [2.75, 3.05) is 19.5 Å². The van der Waals surface area contributed by atoms with Crippen molar-refractivity contribution in [3.05, 3.63) is 64.6 Å². The molecule has 3 aromatic rings. The van der Waals surface area contributed by atoms with Crippen LogP contribution in [0.4, 0.5) is 5.69 Å². The zero-order chi connectivity index (χ0) is 17.8. The smallest absolute Gasteiger partial charge is 0.304 e. The summed E-state index contributed by atoms with van der Waals surface area (Å²) in [5.41, 5.74) is 0.300. The standard InChI is InChI=1S/C17H16N4O4/c1-24-13-7-3-11(4-8-13)18-16(22)15-17(23)21(20-19-15)12-5-9-14(25-2)10-6-12/h3-10,20H,1-2H3,(H,18,22). The Labute approximate surface area is 143 Å². The highest BCUT2D eigenvalue weighted by atomic mass is 16.5. The van der Waals surface area contributed by atoms with Crippen LogP contribution in [-0.2, 0) is 0 Å². The van der Waals surface area contributed by atoms with Gasteiger partial charge < -0.3 is 14.8 Å². The monoisotopic (exact) mass is 340 g/mol. The molecule has 0 aliphatic carbocycles. The molecule has 128 valence electrons. The van der Waals surface area contributed by atoms with Gasteiger partial charge in [-0.1, -0.05) is 0 Å². The number of nitrogens with zero attached hydrogens (tertiary/aromatic N) is 2. The number of aromatic amines is 1. The molecule has 1 aromatic heterocycles. The second-order valence-corrected chi connectivity index (χ2v) is 5.08. The van der Waals surface area contributed by atoms with Crippen LogP contribution in [0.1, 0.15) is 10.5 Å². The van der Waals surface area contributed by atoms with Crippen LogP contribution in [0.25, 0.3) is 5.69 Å². The molecule has 0 atom stereocenters. The van der Waals surface area contributed by atoms with Gasteiger partial charge in [-0.15, -0.1) is 5.10 Å². The first-order valence-electron chi connectivity index (χ1n) is 7.39. The first-order valence-corrected chi connectivity index (χ1v) is 7.39. The first kappa shape index (κ1) is 16.3. The van der Waals surface area contributed by atoms with E-state index in [0.717, 1.165) is 0 Å². The number of methoxy groups -OCH3 is 2. The number of amides is 1. The lowest BCUT2D eigenvalue weighted by Crippen LogP contribution is -2.24. The van der Waals surface area contributed by atoms with Crippen LogP contribution < -0.4 is 20.3 Å². The van der Waals surface area contributed by atoms with Crippen LogP contribution >= 0.6 is 0 Å². The number of hydrogen-bond donors (Lipinski definition) is 2. The summed E-state index contributed by atoms with van der Waals surface area (Å²) in [6.45, 7) is 0. The van der Waals surface area contributed by atoms with Crippen molar-refractivity contribution in [3.63, 3.8) is 0 Å². The number of benzene rings is 2. The summed E-state index contributed by atoms with van der Waals surface area (Å²) >= 11 is 0. The average molecular weight is 340 g/mol. The van der Waals surface area contributed by atoms with E-state index in [1.165, 1.54) is 4.68 Å². The van der Waals surface area contributed by atoms with E-state index in [1.54, 1.807) is 62.8 Å². The van der Waals surface area contributed by atoms with Gasteiger partial charge >= 0.3 is 5.56 Å². The van der Waals surface area contributed by atoms with Crippen molar-refractivity contribution in [1.82, 2.24) is 15.0 Å². The van der Waals surface area contributed by atoms with Gasteiger partial charge in [-0.2, -0.15) is 0 Å². The molecule has 0 aliphatic heterocycles. The third kappa shape index (κ3) is 3.37. The van der Waals surface area contributed by atoms with Crippen LogP contribution in [0.5, 0.6) is 11.5 Å². The molecule has 0 saturated carbocycles. The molecule has 0 unspecified atom stereocenters. The van der Waals surface area contributed by atoms with Crippen molar-refractivity contribution in [2.24, 2.45) is 0 Å². The predicted octanol–water partition coefficient (Wildman–Crippen LogP) is 1.83. The van der Waals surface area contributed by atoms with Crippen LogP contribution in [0, 0.1) is 0 Å². The van der Waals surface area contributed by atoms with Crippen LogP contribution in [0.15, 0.2) is 53.3 Å². The summed E-state index contributed by atoms with van der Waals surface area (Å²) < 4.78 is 11.3. The zero-order valence-electron chi connectivity index (χ0n) is 13.6. The molecule has 0 saturated heterocycles. The number of aromatic nitrogens is 3. The molecule has 1 heterocycles. The molecule has 8 heteroatoms. The Bertz CT molecular complexity index is 927. The summed E-state index contributed by atoms with van der Waals surface area (Å²) in [5.74, 6) is 0.729. The van der Waals surface area contributed by atoms with E-state index >= 15 is 0 Å². The lowest BCUT2D eigenvalue weighted by Gasteiger charge is -2.04. The summed E-state index contributed by atoms with van der Waals surface area (Å²) in [7, 11) is 3.11. The minimum atomic E-state index is -0.598. The molecule has 8 nitrogen and oxygen atoms in total. The fourth-order valence-electron chi connectivity index (χ4n) is 2.22. The van der Waals surface area contributed by atoms with E-state index in [1.807, 2.05) is 0 Å². The SMILES string of the molecule is COc1ccc(NC(=O)c2n[nH]n(-c3ccc(OC)cc3)c2=O)cc1. The predicted molar refractivity (Wildman–Crippen MR) is 91.7 cm³/mol. The van der Waals surface area contributed by atoms with Crippen molar-refractivity contribution in [3.8, 4) is 17.2 Å². The van der Waals surface area contributed by atoms with Gasteiger partial charge in [0.15, 0.2) is 0 Å². The Morgan fingerprint density at radius 3 is 2.12 bits per heavy atom. The molecule has 0 aliphatic rings. The molecule has 1 amide bonds. The zero-order valence-corrected chi connectivity index (χ0v) is 13.6. The molecule has 0 radical (unpaired) electrons. The Kier molecular flexibility index (Phi) is 4.51. The van der Waals surface area contributed by atoms with Crippen LogP contribution in [0.2, 0.25) is 0 Å². The maximum Gasteiger partial charge on any atom is 0.304 e. The normalized spacial score (nSPS) is 10.3. The van der Waals surface area contributed by atoms with E-state index < -0.39 is 11.5 Å². The molecule has 0 bridgehead atoms. The second-order valence-electron chi connectivity index (χ2n) is 5.08. The fraction of sp³-hybridized carbons (Fsp3) is 0.118.